The van der Waals surface area contributed by atoms with Crippen LogP contribution in [0.4, 0.5) is 0 Å². The Labute approximate surface area is 188 Å². The Morgan fingerprint density at radius 3 is 2.38 bits per heavy atom. The van der Waals surface area contributed by atoms with Crippen molar-refractivity contribution in [1.82, 2.24) is 9.55 Å². The number of aryl methyl sites for hydroxylation is 1. The number of carbonyl (C=O) groups is 1. The van der Waals surface area contributed by atoms with Crippen molar-refractivity contribution in [2.24, 2.45) is 0 Å². The number of hydrogen-bond donors (Lipinski definition) is 0. The van der Waals surface area contributed by atoms with Crippen molar-refractivity contribution in [3.63, 3.8) is 0 Å². The molecule has 0 saturated heterocycles. The van der Waals surface area contributed by atoms with Crippen LogP contribution in [-0.4, -0.2) is 21.9 Å². The summed E-state index contributed by atoms with van der Waals surface area (Å²) in [5, 5.41) is 0. The van der Waals surface area contributed by atoms with Crippen molar-refractivity contribution in [1.29, 1.82) is 0 Å². The van der Waals surface area contributed by atoms with E-state index < -0.39 is 5.54 Å². The second-order valence-corrected chi connectivity index (χ2v) is 8.23. The summed E-state index contributed by atoms with van der Waals surface area (Å²) in [5.41, 5.74) is 2.36. The molecule has 1 atom stereocenters. The van der Waals surface area contributed by atoms with Gasteiger partial charge < -0.3 is 13.7 Å². The number of Topliss-reactive ketones (excluding diaryl/α,β-unsaturated/α-hetero) is 1. The quantitative estimate of drug-likeness (QED) is 0.347. The molecule has 0 amide bonds. The lowest BCUT2D eigenvalue weighted by Gasteiger charge is -2.29. The van der Waals surface area contributed by atoms with E-state index in [1.165, 1.54) is 0 Å². The minimum atomic E-state index is -0.604. The van der Waals surface area contributed by atoms with Gasteiger partial charge in [0, 0.05) is 30.8 Å². The summed E-state index contributed by atoms with van der Waals surface area (Å²) in [7, 11) is 0. The van der Waals surface area contributed by atoms with Crippen LogP contribution in [0.5, 0.6) is 5.75 Å². The van der Waals surface area contributed by atoms with Crippen molar-refractivity contribution in [2.75, 3.05) is 6.61 Å². The molecule has 0 saturated carbocycles. The molecule has 0 bridgehead atoms. The molecule has 0 spiro atoms. The van der Waals surface area contributed by atoms with Gasteiger partial charge in [0.05, 0.1) is 12.3 Å². The van der Waals surface area contributed by atoms with E-state index in [1.807, 2.05) is 97.5 Å². The number of ether oxygens (including phenoxy) is 1. The van der Waals surface area contributed by atoms with Gasteiger partial charge in [0.15, 0.2) is 5.78 Å². The number of hydrogen-bond acceptors (Lipinski definition) is 4. The van der Waals surface area contributed by atoms with Crippen molar-refractivity contribution in [3.8, 4) is 17.2 Å². The summed E-state index contributed by atoms with van der Waals surface area (Å²) in [6.07, 6.45) is 5.17. The molecule has 5 nitrogen and oxygen atoms in total. The fourth-order valence-corrected chi connectivity index (χ4v) is 3.79. The van der Waals surface area contributed by atoms with Crippen LogP contribution >= 0.6 is 0 Å². The second kappa shape index (κ2) is 9.27. The SMILES string of the molecule is CC(=O)[C@](C)(Cc1ccc(OCCc2nc(-c3ccccc3)oc2C)cc1)n1cccc1. The third kappa shape index (κ3) is 4.67. The Morgan fingerprint density at radius 2 is 1.72 bits per heavy atom. The van der Waals surface area contributed by atoms with Crippen LogP contribution in [-0.2, 0) is 23.2 Å². The van der Waals surface area contributed by atoms with Gasteiger partial charge in [-0.3, -0.25) is 4.79 Å². The van der Waals surface area contributed by atoms with E-state index in [0.29, 0.717) is 25.3 Å². The molecule has 2 aromatic heterocycles. The third-order valence-corrected chi connectivity index (χ3v) is 5.93. The van der Waals surface area contributed by atoms with Crippen molar-refractivity contribution < 1.29 is 13.9 Å². The fourth-order valence-electron chi connectivity index (χ4n) is 3.79. The number of aromatic nitrogens is 2. The highest BCUT2D eigenvalue weighted by Gasteiger charge is 2.31. The molecular formula is C27H28N2O3. The zero-order valence-electron chi connectivity index (χ0n) is 18.7. The highest BCUT2D eigenvalue weighted by Crippen LogP contribution is 2.25. The molecule has 0 aliphatic carbocycles. The lowest BCUT2D eigenvalue weighted by Crippen LogP contribution is -2.38. The summed E-state index contributed by atoms with van der Waals surface area (Å²) in [6, 6.07) is 21.7. The average molecular weight is 429 g/mol. The minimum Gasteiger partial charge on any atom is -0.493 e. The maximum Gasteiger partial charge on any atom is 0.226 e. The molecule has 2 aromatic carbocycles. The lowest BCUT2D eigenvalue weighted by atomic mass is 9.89. The van der Waals surface area contributed by atoms with Crippen LogP contribution in [0.25, 0.3) is 11.5 Å². The predicted octanol–water partition coefficient (Wildman–Crippen LogP) is 5.62. The Bertz CT molecular complexity index is 1160. The average Bonchev–Trinajstić information content (AvgIpc) is 3.46. The molecule has 0 unspecified atom stereocenters. The maximum atomic E-state index is 12.4. The van der Waals surface area contributed by atoms with Gasteiger partial charge in [0.2, 0.25) is 5.89 Å². The summed E-state index contributed by atoms with van der Waals surface area (Å²) in [6.45, 7) is 6.06. The zero-order chi connectivity index (χ0) is 22.6. The van der Waals surface area contributed by atoms with Crippen LogP contribution in [0, 0.1) is 6.92 Å². The van der Waals surface area contributed by atoms with Gasteiger partial charge in [-0.05, 0) is 62.7 Å². The first-order chi connectivity index (χ1) is 15.5. The first-order valence-electron chi connectivity index (χ1n) is 10.8. The van der Waals surface area contributed by atoms with Gasteiger partial charge in [-0.2, -0.15) is 0 Å². The van der Waals surface area contributed by atoms with E-state index in [1.54, 1.807) is 6.92 Å². The largest absolute Gasteiger partial charge is 0.493 e. The number of carbonyl (C=O) groups excluding carboxylic acids is 1. The fraction of sp³-hybridized carbons (Fsp3) is 0.259. The van der Waals surface area contributed by atoms with Crippen molar-refractivity contribution >= 4 is 5.78 Å². The van der Waals surface area contributed by atoms with Crippen LogP contribution in [0.1, 0.15) is 30.9 Å². The monoisotopic (exact) mass is 428 g/mol. The Morgan fingerprint density at radius 1 is 1.03 bits per heavy atom. The second-order valence-electron chi connectivity index (χ2n) is 8.23. The first kappa shape index (κ1) is 21.6. The summed E-state index contributed by atoms with van der Waals surface area (Å²) < 4.78 is 13.7. The van der Waals surface area contributed by atoms with Gasteiger partial charge in [0.25, 0.3) is 0 Å². The predicted molar refractivity (Wildman–Crippen MR) is 125 cm³/mol. The third-order valence-electron chi connectivity index (χ3n) is 5.93. The Kier molecular flexibility index (Phi) is 6.26. The number of nitrogens with zero attached hydrogens (tertiary/aromatic N) is 2. The molecule has 5 heteroatoms. The van der Waals surface area contributed by atoms with Gasteiger partial charge in [-0.1, -0.05) is 30.3 Å². The normalized spacial score (nSPS) is 13.0. The lowest BCUT2D eigenvalue weighted by molar-refractivity contribution is -0.124. The number of ketones is 1. The smallest absolute Gasteiger partial charge is 0.226 e. The molecule has 4 rings (SSSR count). The molecule has 2 heterocycles. The first-order valence-corrected chi connectivity index (χ1v) is 10.8. The van der Waals surface area contributed by atoms with Crippen LogP contribution in [0.2, 0.25) is 0 Å². The van der Waals surface area contributed by atoms with Gasteiger partial charge in [0.1, 0.15) is 17.0 Å². The number of oxazole rings is 1. The van der Waals surface area contributed by atoms with Gasteiger partial charge >= 0.3 is 0 Å². The van der Waals surface area contributed by atoms with E-state index in [0.717, 1.165) is 28.3 Å². The minimum absolute atomic E-state index is 0.131. The van der Waals surface area contributed by atoms with Crippen LogP contribution in [0.15, 0.2) is 83.5 Å². The highest BCUT2D eigenvalue weighted by molar-refractivity contribution is 5.84. The highest BCUT2D eigenvalue weighted by atomic mass is 16.5. The van der Waals surface area contributed by atoms with E-state index in [4.69, 9.17) is 9.15 Å². The van der Waals surface area contributed by atoms with Crippen molar-refractivity contribution in [3.05, 3.63) is 96.1 Å². The van der Waals surface area contributed by atoms with E-state index >= 15 is 0 Å². The van der Waals surface area contributed by atoms with Crippen LogP contribution < -0.4 is 4.74 Å². The standard InChI is InChI=1S/C27H28N2O3/c1-20-25(28-26(32-20)23-9-5-4-6-10-23)15-18-31-24-13-11-22(12-14-24)19-27(3,21(2)30)29-16-7-8-17-29/h4-14,16-17H,15,18-19H2,1-3H3/t27-/m0/s1. The topological polar surface area (TPSA) is 57.3 Å². The Hall–Kier alpha value is -3.60. The van der Waals surface area contributed by atoms with E-state index in [2.05, 4.69) is 4.98 Å². The molecule has 4 aromatic rings. The Balaban J connectivity index is 1.36. The summed E-state index contributed by atoms with van der Waals surface area (Å²) in [4.78, 5) is 17.0. The molecule has 0 aliphatic heterocycles. The molecular weight excluding hydrogens is 400 g/mol. The molecule has 32 heavy (non-hydrogen) atoms. The summed E-state index contributed by atoms with van der Waals surface area (Å²) >= 11 is 0. The van der Waals surface area contributed by atoms with E-state index in [-0.39, 0.29) is 5.78 Å². The molecule has 0 fully saturated rings. The van der Waals surface area contributed by atoms with Gasteiger partial charge in [-0.25, -0.2) is 4.98 Å². The molecule has 0 radical (unpaired) electrons. The van der Waals surface area contributed by atoms with Gasteiger partial charge in [-0.15, -0.1) is 0 Å². The number of rotatable bonds is 9. The van der Waals surface area contributed by atoms with Crippen LogP contribution in [0.3, 0.4) is 0 Å². The summed E-state index contributed by atoms with van der Waals surface area (Å²) in [5.74, 6) is 2.38. The molecule has 0 N–H and O–H groups in total. The maximum absolute atomic E-state index is 12.4. The van der Waals surface area contributed by atoms with Crippen molar-refractivity contribution in [2.45, 2.75) is 39.2 Å². The van der Waals surface area contributed by atoms with E-state index in [9.17, 15) is 4.79 Å². The molecule has 164 valence electrons. The number of benzene rings is 2. The zero-order valence-corrected chi connectivity index (χ0v) is 18.7. The molecule has 0 aliphatic rings.